The van der Waals surface area contributed by atoms with Crippen molar-refractivity contribution >= 4 is 5.78 Å². The van der Waals surface area contributed by atoms with Crippen molar-refractivity contribution in [2.45, 2.75) is 70.7 Å². The van der Waals surface area contributed by atoms with Gasteiger partial charge in [-0.15, -0.1) is 0 Å². The normalized spacial score (nSPS) is 15.7. The molecule has 0 amide bonds. The summed E-state index contributed by atoms with van der Waals surface area (Å²) in [6.45, 7) is 3.80. The maximum absolute atomic E-state index is 11.8. The summed E-state index contributed by atoms with van der Waals surface area (Å²) in [5.41, 5.74) is 0.967. The maximum atomic E-state index is 11.8. The molecule has 0 saturated heterocycles. The molecule has 0 radical (unpaired) electrons. The van der Waals surface area contributed by atoms with Crippen LogP contribution in [-0.4, -0.2) is 61.9 Å². The van der Waals surface area contributed by atoms with Crippen molar-refractivity contribution in [1.29, 1.82) is 0 Å². The van der Waals surface area contributed by atoms with Crippen molar-refractivity contribution in [2.75, 3.05) is 21.3 Å². The van der Waals surface area contributed by atoms with Crippen molar-refractivity contribution in [3.8, 4) is 5.75 Å². The number of ether oxygens (including phenoxy) is 4. The SMILES string of the molecule is CCC(=O)[C@@H](O)[C@H](O)[C@H](C)[C@H](CCCC(OC)OC)OCc1ccc(OC)cc1. The molecule has 2 N–H and O–H groups in total. The second-order valence-electron chi connectivity index (χ2n) is 7.14. The number of rotatable bonds is 15. The Morgan fingerprint density at radius 3 is 2.17 bits per heavy atom. The van der Waals surface area contributed by atoms with Gasteiger partial charge in [0.1, 0.15) is 11.9 Å². The van der Waals surface area contributed by atoms with Crippen LogP contribution in [-0.2, 0) is 25.6 Å². The van der Waals surface area contributed by atoms with Crippen LogP contribution in [0, 0.1) is 5.92 Å². The van der Waals surface area contributed by atoms with Crippen LogP contribution < -0.4 is 4.74 Å². The van der Waals surface area contributed by atoms with E-state index in [-0.39, 0.29) is 24.6 Å². The fraction of sp³-hybridized carbons (Fsp3) is 0.682. The molecule has 1 rings (SSSR count). The van der Waals surface area contributed by atoms with E-state index in [2.05, 4.69) is 0 Å². The van der Waals surface area contributed by atoms with Gasteiger partial charge in [0.2, 0.25) is 0 Å². The molecule has 0 heterocycles. The zero-order valence-electron chi connectivity index (χ0n) is 18.2. The van der Waals surface area contributed by atoms with Crippen molar-refractivity contribution in [3.05, 3.63) is 29.8 Å². The molecule has 29 heavy (non-hydrogen) atoms. The summed E-state index contributed by atoms with van der Waals surface area (Å²) < 4.78 is 21.7. The summed E-state index contributed by atoms with van der Waals surface area (Å²) in [7, 11) is 4.79. The van der Waals surface area contributed by atoms with E-state index in [1.807, 2.05) is 24.3 Å². The van der Waals surface area contributed by atoms with Gasteiger partial charge in [-0.05, 0) is 37.0 Å². The molecular formula is C22H36O7. The number of carbonyl (C=O) groups excluding carboxylic acids is 1. The molecule has 0 aliphatic carbocycles. The number of ketones is 1. The fourth-order valence-corrected chi connectivity index (χ4v) is 3.15. The van der Waals surface area contributed by atoms with Gasteiger partial charge in [-0.1, -0.05) is 26.0 Å². The summed E-state index contributed by atoms with van der Waals surface area (Å²) in [5, 5.41) is 20.6. The smallest absolute Gasteiger partial charge is 0.163 e. The molecule has 0 unspecified atom stereocenters. The third kappa shape index (κ3) is 8.40. The largest absolute Gasteiger partial charge is 0.497 e. The number of Topliss-reactive ketones (excluding diaryl/α,β-unsaturated/α-hetero) is 1. The van der Waals surface area contributed by atoms with Crippen molar-refractivity contribution < 1.29 is 34.0 Å². The van der Waals surface area contributed by atoms with Crippen molar-refractivity contribution in [1.82, 2.24) is 0 Å². The molecule has 1 aromatic carbocycles. The topological polar surface area (TPSA) is 94.5 Å². The number of hydrogen-bond donors (Lipinski definition) is 2. The summed E-state index contributed by atoms with van der Waals surface area (Å²) in [4.78, 5) is 11.8. The van der Waals surface area contributed by atoms with E-state index in [4.69, 9.17) is 18.9 Å². The molecular weight excluding hydrogens is 376 g/mol. The highest BCUT2D eigenvalue weighted by atomic mass is 16.7. The third-order valence-corrected chi connectivity index (χ3v) is 5.20. The Morgan fingerprint density at radius 1 is 1.03 bits per heavy atom. The number of benzene rings is 1. The van der Waals surface area contributed by atoms with Crippen LogP contribution in [0.4, 0.5) is 0 Å². The summed E-state index contributed by atoms with van der Waals surface area (Å²) >= 11 is 0. The minimum atomic E-state index is -1.41. The van der Waals surface area contributed by atoms with Crippen LogP contribution in [0.1, 0.15) is 45.1 Å². The van der Waals surface area contributed by atoms with Crippen molar-refractivity contribution in [2.24, 2.45) is 5.92 Å². The molecule has 0 spiro atoms. The first-order chi connectivity index (χ1) is 13.9. The van der Waals surface area contributed by atoms with Gasteiger partial charge in [-0.2, -0.15) is 0 Å². The highest BCUT2D eigenvalue weighted by Crippen LogP contribution is 2.23. The summed E-state index contributed by atoms with van der Waals surface area (Å²) in [6.07, 6.45) is -1.03. The molecule has 0 bridgehead atoms. The summed E-state index contributed by atoms with van der Waals surface area (Å²) in [5.74, 6) is -0.0418. The highest BCUT2D eigenvalue weighted by molar-refractivity contribution is 5.83. The summed E-state index contributed by atoms with van der Waals surface area (Å²) in [6, 6.07) is 7.55. The first-order valence-corrected chi connectivity index (χ1v) is 10.1. The zero-order chi connectivity index (χ0) is 21.8. The molecule has 0 aromatic heterocycles. The fourth-order valence-electron chi connectivity index (χ4n) is 3.15. The lowest BCUT2D eigenvalue weighted by Gasteiger charge is -2.30. The molecule has 0 aliphatic rings. The Balaban J connectivity index is 2.78. The van der Waals surface area contributed by atoms with Gasteiger partial charge >= 0.3 is 0 Å². The van der Waals surface area contributed by atoms with Gasteiger partial charge < -0.3 is 29.2 Å². The number of aliphatic hydroxyl groups excluding tert-OH is 2. The number of aliphatic hydroxyl groups is 2. The van der Waals surface area contributed by atoms with Gasteiger partial charge in [0.05, 0.1) is 25.9 Å². The molecule has 0 fully saturated rings. The lowest BCUT2D eigenvalue weighted by atomic mass is 9.89. The minimum Gasteiger partial charge on any atom is -0.497 e. The van der Waals surface area contributed by atoms with E-state index < -0.39 is 18.1 Å². The maximum Gasteiger partial charge on any atom is 0.163 e. The average Bonchev–Trinajstić information content (AvgIpc) is 2.76. The van der Waals surface area contributed by atoms with Crippen LogP contribution >= 0.6 is 0 Å². The third-order valence-electron chi connectivity index (χ3n) is 5.20. The first-order valence-electron chi connectivity index (χ1n) is 10.1. The second-order valence-corrected chi connectivity index (χ2v) is 7.14. The highest BCUT2D eigenvalue weighted by Gasteiger charge is 2.33. The Labute approximate surface area is 173 Å². The van der Waals surface area contributed by atoms with Crippen LogP contribution in [0.3, 0.4) is 0 Å². The first kappa shape index (κ1) is 25.5. The second kappa shape index (κ2) is 13.7. The van der Waals surface area contributed by atoms with E-state index in [9.17, 15) is 15.0 Å². The van der Waals surface area contributed by atoms with Crippen LogP contribution in [0.2, 0.25) is 0 Å². The van der Waals surface area contributed by atoms with E-state index in [1.165, 1.54) is 0 Å². The monoisotopic (exact) mass is 412 g/mol. The molecule has 0 saturated carbocycles. The predicted octanol–water partition coefficient (Wildman–Crippen LogP) is 2.71. The van der Waals surface area contributed by atoms with E-state index >= 15 is 0 Å². The van der Waals surface area contributed by atoms with Gasteiger partial charge in [-0.3, -0.25) is 4.79 Å². The van der Waals surface area contributed by atoms with E-state index in [0.717, 1.165) is 17.7 Å². The Kier molecular flexibility index (Phi) is 12.0. The van der Waals surface area contributed by atoms with Gasteiger partial charge in [0.15, 0.2) is 12.1 Å². The Morgan fingerprint density at radius 2 is 1.66 bits per heavy atom. The number of carbonyl (C=O) groups is 1. The molecule has 7 nitrogen and oxygen atoms in total. The molecule has 1 aromatic rings. The number of methoxy groups -OCH3 is 3. The van der Waals surface area contributed by atoms with Gasteiger partial charge in [0.25, 0.3) is 0 Å². The van der Waals surface area contributed by atoms with Gasteiger partial charge in [-0.25, -0.2) is 0 Å². The zero-order valence-corrected chi connectivity index (χ0v) is 18.2. The van der Waals surface area contributed by atoms with E-state index in [1.54, 1.807) is 35.2 Å². The predicted molar refractivity (Wildman–Crippen MR) is 110 cm³/mol. The van der Waals surface area contributed by atoms with E-state index in [0.29, 0.717) is 19.4 Å². The Bertz CT molecular complexity index is 571. The lowest BCUT2D eigenvalue weighted by molar-refractivity contribution is -0.139. The molecule has 166 valence electrons. The quantitative estimate of drug-likeness (QED) is 0.428. The van der Waals surface area contributed by atoms with Gasteiger partial charge in [0, 0.05) is 26.6 Å². The average molecular weight is 413 g/mol. The van der Waals surface area contributed by atoms with Crippen LogP contribution in [0.15, 0.2) is 24.3 Å². The molecule has 4 atom stereocenters. The molecule has 0 aliphatic heterocycles. The number of hydrogen-bond acceptors (Lipinski definition) is 7. The minimum absolute atomic E-state index is 0.172. The van der Waals surface area contributed by atoms with Crippen LogP contribution in [0.25, 0.3) is 0 Å². The Hall–Kier alpha value is -1.51. The standard InChI is InChI=1S/C22H36O7/c1-6-18(23)22(25)21(24)15(2)19(8-7-9-20(27-4)28-5)29-14-16-10-12-17(26-3)13-11-16/h10-13,15,19-22,24-25H,6-9,14H2,1-5H3/t15-,19+,21-,22-/m1/s1. The molecule has 7 heteroatoms. The van der Waals surface area contributed by atoms with Crippen molar-refractivity contribution in [3.63, 3.8) is 0 Å². The van der Waals surface area contributed by atoms with Crippen LogP contribution in [0.5, 0.6) is 5.75 Å². The lowest BCUT2D eigenvalue weighted by Crippen LogP contribution is -2.43.